The Hall–Kier alpha value is -3.05. The number of ether oxygens (including phenoxy) is 3. The predicted octanol–water partition coefficient (Wildman–Crippen LogP) is 4.53. The van der Waals surface area contributed by atoms with Crippen LogP contribution < -0.4 is 9.64 Å². The number of piperidine rings is 1. The summed E-state index contributed by atoms with van der Waals surface area (Å²) in [5.41, 5.74) is 3.10. The molecule has 42 heavy (non-hydrogen) atoms. The molecule has 6 rings (SSSR count). The molecule has 0 radical (unpaired) electrons. The molecule has 0 saturated carbocycles. The zero-order valence-electron chi connectivity index (χ0n) is 24.3. The van der Waals surface area contributed by atoms with Gasteiger partial charge in [0.2, 0.25) is 5.91 Å². The Labute approximate surface area is 255 Å². The molecule has 0 N–H and O–H groups in total. The van der Waals surface area contributed by atoms with Crippen LogP contribution in [0, 0.1) is 0 Å². The molecule has 1 unspecified atom stereocenters. The van der Waals surface area contributed by atoms with Crippen molar-refractivity contribution in [3.8, 4) is 6.01 Å². The van der Waals surface area contributed by atoms with Crippen molar-refractivity contribution in [1.29, 1.82) is 0 Å². The average molecular weight is 637 g/mol. The van der Waals surface area contributed by atoms with Crippen LogP contribution in [0.25, 0.3) is 10.8 Å². The fraction of sp³-hybridized carbons (Fsp3) is 0.469. The largest absolute Gasteiger partial charge is 0.467 e. The lowest BCUT2D eigenvalue weighted by Gasteiger charge is -2.37. The molecule has 3 aromatic rings. The lowest BCUT2D eigenvalue weighted by atomic mass is 9.94. The van der Waals surface area contributed by atoms with E-state index >= 15 is 0 Å². The molecule has 3 aliphatic heterocycles. The van der Waals surface area contributed by atoms with Crippen molar-refractivity contribution >= 4 is 38.4 Å². The molecule has 1 aromatic heterocycles. The highest BCUT2D eigenvalue weighted by Gasteiger charge is 2.31. The van der Waals surface area contributed by atoms with Gasteiger partial charge in [-0.05, 0) is 29.9 Å². The van der Waals surface area contributed by atoms with Crippen LogP contribution in [0.5, 0.6) is 6.01 Å². The smallest absolute Gasteiger partial charge is 0.318 e. The van der Waals surface area contributed by atoms with Gasteiger partial charge < -0.3 is 24.0 Å². The number of hydrogen-bond acceptors (Lipinski definition) is 8. The van der Waals surface area contributed by atoms with Crippen molar-refractivity contribution in [2.24, 2.45) is 0 Å². The normalized spacial score (nSPS) is 20.3. The number of methoxy groups -OCH3 is 2. The van der Waals surface area contributed by atoms with Gasteiger partial charge in [0, 0.05) is 80.8 Å². The minimum atomic E-state index is -0.125. The van der Waals surface area contributed by atoms with Crippen molar-refractivity contribution in [3.63, 3.8) is 0 Å². The van der Waals surface area contributed by atoms with Gasteiger partial charge >= 0.3 is 6.01 Å². The van der Waals surface area contributed by atoms with E-state index in [9.17, 15) is 4.79 Å². The first kappa shape index (κ1) is 29.0. The van der Waals surface area contributed by atoms with Crippen LogP contribution in [-0.4, -0.2) is 91.8 Å². The van der Waals surface area contributed by atoms with E-state index in [1.807, 2.05) is 17.0 Å². The average Bonchev–Trinajstić information content (AvgIpc) is 3.04. The molecule has 1 amide bonds. The van der Waals surface area contributed by atoms with Crippen molar-refractivity contribution in [1.82, 2.24) is 19.8 Å². The predicted molar refractivity (Wildman–Crippen MR) is 166 cm³/mol. The molecule has 9 nitrogen and oxygen atoms in total. The highest BCUT2D eigenvalue weighted by molar-refractivity contribution is 9.10. The van der Waals surface area contributed by atoms with E-state index in [1.165, 1.54) is 10.8 Å². The molecule has 0 bridgehead atoms. The fourth-order valence-corrected chi connectivity index (χ4v) is 6.86. The number of carbonyl (C=O) groups is 1. The van der Waals surface area contributed by atoms with E-state index in [0.717, 1.165) is 59.6 Å². The molecule has 0 spiro atoms. The Kier molecular flexibility index (Phi) is 9.04. The van der Waals surface area contributed by atoms with Crippen molar-refractivity contribution in [3.05, 3.63) is 69.8 Å². The van der Waals surface area contributed by atoms with Crippen LogP contribution in [0.1, 0.15) is 35.8 Å². The molecule has 10 heteroatoms. The topological polar surface area (TPSA) is 80.3 Å². The van der Waals surface area contributed by atoms with Gasteiger partial charge in [-0.25, -0.2) is 0 Å². The summed E-state index contributed by atoms with van der Waals surface area (Å²) < 4.78 is 18.5. The minimum Gasteiger partial charge on any atom is -0.467 e. The lowest BCUT2D eigenvalue weighted by Crippen LogP contribution is -2.49. The maximum Gasteiger partial charge on any atom is 0.318 e. The maximum absolute atomic E-state index is 12.9. The number of benzene rings is 2. The maximum atomic E-state index is 12.9. The first-order chi connectivity index (χ1) is 20.5. The zero-order valence-corrected chi connectivity index (χ0v) is 25.9. The number of carbonyl (C=O) groups excluding carboxylic acids is 1. The molecule has 4 heterocycles. The van der Waals surface area contributed by atoms with Crippen molar-refractivity contribution in [2.45, 2.75) is 38.1 Å². The molecule has 3 aliphatic rings. The number of fused-ring (bicyclic) bond motifs is 2. The van der Waals surface area contributed by atoms with Gasteiger partial charge in [-0.15, -0.1) is 0 Å². The molecule has 1 atom stereocenters. The van der Waals surface area contributed by atoms with Crippen LogP contribution >= 0.6 is 15.9 Å². The summed E-state index contributed by atoms with van der Waals surface area (Å²) in [5, 5.41) is 2.34. The standard InChI is InChI=1S/C32H38BrN5O4/c1-40-23-11-14-36(15-12-23)13-5-10-29(39)37-16-18-38(19-17-37)31-25-21-42-28(20-27(25)34-32(35-31)41-2)24-8-3-6-22-7-4-9-26(33)30(22)24/h3-10,23,28H,11-21H2,1-2H3/b10-5+. The second kappa shape index (κ2) is 13.1. The van der Waals surface area contributed by atoms with Gasteiger partial charge in [0.05, 0.1) is 31.6 Å². The summed E-state index contributed by atoms with van der Waals surface area (Å²) in [6, 6.07) is 12.9. The molecule has 2 saturated heterocycles. The second-order valence-corrected chi connectivity index (χ2v) is 12.0. The van der Waals surface area contributed by atoms with E-state index in [0.29, 0.717) is 51.3 Å². The summed E-state index contributed by atoms with van der Waals surface area (Å²) >= 11 is 3.74. The van der Waals surface area contributed by atoms with E-state index in [-0.39, 0.29) is 12.0 Å². The molecular weight excluding hydrogens is 598 g/mol. The summed E-state index contributed by atoms with van der Waals surface area (Å²) in [7, 11) is 3.39. The summed E-state index contributed by atoms with van der Waals surface area (Å²) in [5.74, 6) is 0.910. The number of anilines is 1. The number of likely N-dealkylation sites (tertiary alicyclic amines) is 1. The molecule has 2 fully saturated rings. The van der Waals surface area contributed by atoms with Crippen molar-refractivity contribution < 1.29 is 19.0 Å². The van der Waals surface area contributed by atoms with Gasteiger partial charge in [-0.3, -0.25) is 9.69 Å². The summed E-state index contributed by atoms with van der Waals surface area (Å²) in [6.07, 6.45) is 6.69. The van der Waals surface area contributed by atoms with Gasteiger partial charge in [-0.2, -0.15) is 9.97 Å². The molecular formula is C32H38BrN5O4. The Bertz CT molecular complexity index is 1450. The van der Waals surface area contributed by atoms with Crippen LogP contribution in [0.2, 0.25) is 0 Å². The van der Waals surface area contributed by atoms with Crippen LogP contribution in [0.3, 0.4) is 0 Å². The van der Waals surface area contributed by atoms with E-state index < -0.39 is 0 Å². The third kappa shape index (κ3) is 6.17. The van der Waals surface area contributed by atoms with Gasteiger partial charge in [0.15, 0.2) is 0 Å². The van der Waals surface area contributed by atoms with E-state index in [2.05, 4.69) is 56.1 Å². The highest BCUT2D eigenvalue weighted by Crippen LogP contribution is 2.39. The van der Waals surface area contributed by atoms with E-state index in [1.54, 1.807) is 20.3 Å². The first-order valence-electron chi connectivity index (χ1n) is 14.7. The quantitative estimate of drug-likeness (QED) is 0.351. The summed E-state index contributed by atoms with van der Waals surface area (Å²) in [4.78, 5) is 28.9. The Morgan fingerprint density at radius 1 is 1.05 bits per heavy atom. The van der Waals surface area contributed by atoms with Crippen molar-refractivity contribution in [2.75, 3.05) is 64.9 Å². The number of nitrogens with zero attached hydrogens (tertiary/aromatic N) is 5. The SMILES string of the molecule is COc1nc2c(c(N3CCN(C(=O)/C=C/CN4CCC(OC)CC4)CC3)n1)COC(c1cccc3cccc(Br)c13)C2. The van der Waals surface area contributed by atoms with Crippen LogP contribution in [-0.2, 0) is 27.3 Å². The number of rotatable bonds is 7. The van der Waals surface area contributed by atoms with Crippen LogP contribution in [0.4, 0.5) is 5.82 Å². The monoisotopic (exact) mass is 635 g/mol. The minimum absolute atomic E-state index is 0.0659. The highest BCUT2D eigenvalue weighted by atomic mass is 79.9. The van der Waals surface area contributed by atoms with Crippen LogP contribution in [0.15, 0.2) is 53.0 Å². The van der Waals surface area contributed by atoms with Gasteiger partial charge in [0.25, 0.3) is 0 Å². The van der Waals surface area contributed by atoms with E-state index in [4.69, 9.17) is 24.2 Å². The van der Waals surface area contributed by atoms with Gasteiger partial charge in [0.1, 0.15) is 5.82 Å². The number of amides is 1. The third-order valence-corrected chi connectivity index (χ3v) is 9.32. The second-order valence-electron chi connectivity index (χ2n) is 11.1. The lowest BCUT2D eigenvalue weighted by molar-refractivity contribution is -0.126. The Morgan fingerprint density at radius 2 is 1.81 bits per heavy atom. The third-order valence-electron chi connectivity index (χ3n) is 8.66. The Morgan fingerprint density at radius 3 is 2.55 bits per heavy atom. The fourth-order valence-electron chi connectivity index (χ4n) is 6.25. The van der Waals surface area contributed by atoms with Gasteiger partial charge in [-0.1, -0.05) is 52.3 Å². The Balaban J connectivity index is 1.11. The molecule has 222 valence electrons. The number of hydrogen-bond donors (Lipinski definition) is 0. The number of piperazine rings is 1. The number of aromatic nitrogens is 2. The molecule has 2 aromatic carbocycles. The first-order valence-corrected chi connectivity index (χ1v) is 15.5. The number of halogens is 1. The summed E-state index contributed by atoms with van der Waals surface area (Å²) in [6.45, 7) is 5.88. The zero-order chi connectivity index (χ0) is 29.1. The molecule has 0 aliphatic carbocycles.